The Kier molecular flexibility index (Phi) is 5.83. The van der Waals surface area contributed by atoms with E-state index in [1.807, 2.05) is 19.1 Å². The van der Waals surface area contributed by atoms with Gasteiger partial charge in [0, 0.05) is 5.69 Å². The maximum atomic E-state index is 12.1. The fourth-order valence-electron chi connectivity index (χ4n) is 1.85. The molecule has 24 heavy (non-hydrogen) atoms. The molecule has 126 valence electrons. The summed E-state index contributed by atoms with van der Waals surface area (Å²) in [5.41, 5.74) is 1.63. The molecule has 0 aliphatic carbocycles. The molecule has 2 aromatic rings. The average molecular weight is 335 g/mol. The SMILES string of the molecule is Cc1ccc(NC(=O)COC(=O)c2cccc(OC(F)F)c2)cc1. The topological polar surface area (TPSA) is 64.6 Å². The molecule has 0 fully saturated rings. The van der Waals surface area contributed by atoms with Crippen LogP contribution in [0.2, 0.25) is 0 Å². The van der Waals surface area contributed by atoms with E-state index in [0.717, 1.165) is 11.6 Å². The molecule has 2 rings (SSSR count). The molecule has 0 unspecified atom stereocenters. The van der Waals surface area contributed by atoms with Crippen LogP contribution in [-0.4, -0.2) is 25.1 Å². The Labute approximate surface area is 137 Å². The van der Waals surface area contributed by atoms with Crippen molar-refractivity contribution in [3.63, 3.8) is 0 Å². The molecule has 0 aromatic heterocycles. The maximum absolute atomic E-state index is 12.1. The second-order valence-corrected chi connectivity index (χ2v) is 4.90. The van der Waals surface area contributed by atoms with Gasteiger partial charge in [0.1, 0.15) is 5.75 Å². The second-order valence-electron chi connectivity index (χ2n) is 4.90. The fourth-order valence-corrected chi connectivity index (χ4v) is 1.85. The minimum atomic E-state index is -2.99. The first-order valence-corrected chi connectivity index (χ1v) is 7.02. The molecule has 0 heterocycles. The van der Waals surface area contributed by atoms with Crippen molar-refractivity contribution in [3.05, 3.63) is 59.7 Å². The van der Waals surface area contributed by atoms with Crippen molar-refractivity contribution in [1.29, 1.82) is 0 Å². The van der Waals surface area contributed by atoms with Gasteiger partial charge in [0.2, 0.25) is 0 Å². The zero-order valence-electron chi connectivity index (χ0n) is 12.8. The van der Waals surface area contributed by atoms with Gasteiger partial charge in [0.15, 0.2) is 6.61 Å². The van der Waals surface area contributed by atoms with Crippen LogP contribution in [0.15, 0.2) is 48.5 Å². The van der Waals surface area contributed by atoms with Gasteiger partial charge in [-0.2, -0.15) is 8.78 Å². The normalized spacial score (nSPS) is 10.3. The van der Waals surface area contributed by atoms with Gasteiger partial charge in [0.05, 0.1) is 5.56 Å². The number of hydrogen-bond donors (Lipinski definition) is 1. The van der Waals surface area contributed by atoms with Gasteiger partial charge in [0.25, 0.3) is 5.91 Å². The van der Waals surface area contributed by atoms with Crippen LogP contribution in [0.1, 0.15) is 15.9 Å². The van der Waals surface area contributed by atoms with Gasteiger partial charge < -0.3 is 14.8 Å². The third kappa shape index (κ3) is 5.35. The van der Waals surface area contributed by atoms with Crippen molar-refractivity contribution in [1.82, 2.24) is 0 Å². The molecule has 0 radical (unpaired) electrons. The van der Waals surface area contributed by atoms with Gasteiger partial charge in [-0.25, -0.2) is 4.79 Å². The summed E-state index contributed by atoms with van der Waals surface area (Å²) < 4.78 is 33.3. The maximum Gasteiger partial charge on any atom is 0.387 e. The lowest BCUT2D eigenvalue weighted by molar-refractivity contribution is -0.119. The molecule has 2 aromatic carbocycles. The summed E-state index contributed by atoms with van der Waals surface area (Å²) >= 11 is 0. The summed E-state index contributed by atoms with van der Waals surface area (Å²) in [6.45, 7) is -1.57. The largest absolute Gasteiger partial charge is 0.452 e. The van der Waals surface area contributed by atoms with E-state index < -0.39 is 25.1 Å². The highest BCUT2D eigenvalue weighted by atomic mass is 19.3. The van der Waals surface area contributed by atoms with Crippen LogP contribution in [0, 0.1) is 6.92 Å². The van der Waals surface area contributed by atoms with E-state index in [1.165, 1.54) is 18.2 Å². The first kappa shape index (κ1) is 17.4. The van der Waals surface area contributed by atoms with E-state index >= 15 is 0 Å². The highest BCUT2D eigenvalue weighted by Crippen LogP contribution is 2.16. The quantitative estimate of drug-likeness (QED) is 0.822. The zero-order valence-corrected chi connectivity index (χ0v) is 12.8. The number of carbonyl (C=O) groups is 2. The van der Waals surface area contributed by atoms with E-state index in [-0.39, 0.29) is 11.3 Å². The van der Waals surface area contributed by atoms with Gasteiger partial charge >= 0.3 is 12.6 Å². The molecule has 7 heteroatoms. The summed E-state index contributed by atoms with van der Waals surface area (Å²) in [4.78, 5) is 23.6. The first-order valence-electron chi connectivity index (χ1n) is 7.02. The van der Waals surface area contributed by atoms with E-state index in [9.17, 15) is 18.4 Å². The van der Waals surface area contributed by atoms with Crippen LogP contribution >= 0.6 is 0 Å². The van der Waals surface area contributed by atoms with Gasteiger partial charge in [-0.05, 0) is 37.3 Å². The highest BCUT2D eigenvalue weighted by Gasteiger charge is 2.12. The Morgan fingerprint density at radius 1 is 1.12 bits per heavy atom. The molecule has 1 N–H and O–H groups in total. The minimum absolute atomic E-state index is 0.0104. The molecule has 0 bridgehead atoms. The standard InChI is InChI=1S/C17H15F2NO4/c1-11-5-7-13(8-6-11)20-15(21)10-23-16(22)12-3-2-4-14(9-12)24-17(18)19/h2-9,17H,10H2,1H3,(H,20,21). The predicted octanol–water partition coefficient (Wildman–Crippen LogP) is 3.39. The third-order valence-corrected chi connectivity index (χ3v) is 2.96. The van der Waals surface area contributed by atoms with Crippen LogP contribution in [0.3, 0.4) is 0 Å². The molecule has 0 saturated carbocycles. The van der Waals surface area contributed by atoms with E-state index in [1.54, 1.807) is 12.1 Å². The molecule has 0 aliphatic rings. The van der Waals surface area contributed by atoms with Crippen molar-refractivity contribution in [2.75, 3.05) is 11.9 Å². The van der Waals surface area contributed by atoms with Crippen LogP contribution in [-0.2, 0) is 9.53 Å². The molecule has 1 amide bonds. The monoisotopic (exact) mass is 335 g/mol. The summed E-state index contributed by atoms with van der Waals surface area (Å²) in [5, 5.41) is 2.57. The summed E-state index contributed by atoms with van der Waals surface area (Å²) in [6, 6.07) is 12.3. The number of hydrogen-bond acceptors (Lipinski definition) is 4. The predicted molar refractivity (Wildman–Crippen MR) is 83.2 cm³/mol. The molecule has 0 spiro atoms. The lowest BCUT2D eigenvalue weighted by atomic mass is 10.2. The number of nitrogens with one attached hydrogen (secondary N) is 1. The van der Waals surface area contributed by atoms with Crippen molar-refractivity contribution in [2.24, 2.45) is 0 Å². The van der Waals surface area contributed by atoms with E-state index in [2.05, 4.69) is 10.1 Å². The number of benzene rings is 2. The van der Waals surface area contributed by atoms with Crippen LogP contribution < -0.4 is 10.1 Å². The number of halogens is 2. The molecule has 5 nitrogen and oxygen atoms in total. The Morgan fingerprint density at radius 3 is 2.50 bits per heavy atom. The van der Waals surface area contributed by atoms with Crippen molar-refractivity contribution in [2.45, 2.75) is 13.5 Å². The van der Waals surface area contributed by atoms with E-state index in [4.69, 9.17) is 4.74 Å². The number of ether oxygens (including phenoxy) is 2. The van der Waals surface area contributed by atoms with Crippen molar-refractivity contribution < 1.29 is 27.8 Å². The Morgan fingerprint density at radius 2 is 1.83 bits per heavy atom. The number of amides is 1. The highest BCUT2D eigenvalue weighted by molar-refractivity contribution is 5.95. The van der Waals surface area contributed by atoms with Gasteiger partial charge in [-0.1, -0.05) is 23.8 Å². The van der Waals surface area contributed by atoms with Crippen LogP contribution in [0.25, 0.3) is 0 Å². The lowest BCUT2D eigenvalue weighted by Crippen LogP contribution is -2.21. The number of alkyl halides is 2. The van der Waals surface area contributed by atoms with Crippen molar-refractivity contribution >= 4 is 17.6 Å². The third-order valence-electron chi connectivity index (χ3n) is 2.96. The average Bonchev–Trinajstić information content (AvgIpc) is 2.54. The Bertz CT molecular complexity index is 717. The summed E-state index contributed by atoms with van der Waals surface area (Å²) in [6.07, 6.45) is 0. The zero-order chi connectivity index (χ0) is 17.5. The van der Waals surface area contributed by atoms with Crippen LogP contribution in [0.4, 0.5) is 14.5 Å². The number of aryl methyl sites for hydroxylation is 1. The molecule has 0 saturated heterocycles. The minimum Gasteiger partial charge on any atom is -0.452 e. The number of anilines is 1. The summed E-state index contributed by atoms with van der Waals surface area (Å²) in [5.74, 6) is -1.48. The molecule has 0 aliphatic heterocycles. The first-order chi connectivity index (χ1) is 11.4. The van der Waals surface area contributed by atoms with Gasteiger partial charge in [-0.3, -0.25) is 4.79 Å². The van der Waals surface area contributed by atoms with E-state index in [0.29, 0.717) is 5.69 Å². The lowest BCUT2D eigenvalue weighted by Gasteiger charge is -2.08. The fraction of sp³-hybridized carbons (Fsp3) is 0.176. The summed E-state index contributed by atoms with van der Waals surface area (Å²) in [7, 11) is 0. The molecule has 0 atom stereocenters. The Balaban J connectivity index is 1.88. The second kappa shape index (κ2) is 8.05. The number of esters is 1. The van der Waals surface area contributed by atoms with Crippen molar-refractivity contribution in [3.8, 4) is 5.75 Å². The molecular formula is C17H15F2NO4. The number of carbonyl (C=O) groups excluding carboxylic acids is 2. The molecular weight excluding hydrogens is 320 g/mol. The van der Waals surface area contributed by atoms with Gasteiger partial charge in [-0.15, -0.1) is 0 Å². The van der Waals surface area contributed by atoms with Crippen LogP contribution in [0.5, 0.6) is 5.75 Å². The Hall–Kier alpha value is -2.96. The number of rotatable bonds is 6. The smallest absolute Gasteiger partial charge is 0.387 e.